The predicted octanol–water partition coefficient (Wildman–Crippen LogP) is 4.78. The Morgan fingerprint density at radius 1 is 1.11 bits per heavy atom. The lowest BCUT2D eigenvalue weighted by molar-refractivity contribution is -0.136. The molecule has 0 fully saturated rings. The van der Waals surface area contributed by atoms with Gasteiger partial charge in [0.2, 0.25) is 0 Å². The molecule has 0 amide bonds. The topological polar surface area (TPSA) is 15.8 Å². The summed E-state index contributed by atoms with van der Waals surface area (Å²) in [5.74, 6) is 0. The normalized spacial score (nSPS) is 13.2. The number of nitrogens with one attached hydrogen (secondary N) is 1. The van der Waals surface area contributed by atoms with E-state index >= 15 is 0 Å². The van der Waals surface area contributed by atoms with E-state index in [0.717, 1.165) is 18.1 Å². The summed E-state index contributed by atoms with van der Waals surface area (Å²) in [5, 5.41) is 0.666. The van der Waals surface area contributed by atoms with Crippen LogP contribution in [0.2, 0.25) is 0 Å². The van der Waals surface area contributed by atoms with Crippen LogP contribution in [0, 0.1) is 5.41 Å². The van der Waals surface area contributed by atoms with Crippen molar-refractivity contribution in [3.63, 3.8) is 0 Å². The van der Waals surface area contributed by atoms with Gasteiger partial charge in [0.15, 0.2) is 0 Å². The van der Waals surface area contributed by atoms with Crippen molar-refractivity contribution in [1.82, 2.24) is 4.98 Å². The number of H-pyrrole nitrogens is 1. The van der Waals surface area contributed by atoms with E-state index in [1.165, 1.54) is 6.07 Å². The number of halogens is 3. The Kier molecular flexibility index (Phi) is 2.92. The standard InChI is InChI=1S/C14H16F3N/c1-13(2,3)7-9-8-18-12-10(9)5-4-6-11(12)14(15,16)17/h4-6,8,18H,7H2,1-3H3. The molecule has 1 heterocycles. The Morgan fingerprint density at radius 3 is 2.33 bits per heavy atom. The van der Waals surface area contributed by atoms with E-state index < -0.39 is 11.7 Å². The smallest absolute Gasteiger partial charge is 0.360 e. The highest BCUT2D eigenvalue weighted by Crippen LogP contribution is 2.36. The van der Waals surface area contributed by atoms with E-state index in [-0.39, 0.29) is 10.9 Å². The first kappa shape index (κ1) is 13.0. The number of hydrogen-bond donors (Lipinski definition) is 1. The number of aromatic nitrogens is 1. The van der Waals surface area contributed by atoms with E-state index in [9.17, 15) is 13.2 Å². The van der Waals surface area contributed by atoms with Gasteiger partial charge in [-0.25, -0.2) is 0 Å². The third-order valence-corrected chi connectivity index (χ3v) is 2.83. The largest absolute Gasteiger partial charge is 0.418 e. The molecule has 1 N–H and O–H groups in total. The van der Waals surface area contributed by atoms with Crippen molar-refractivity contribution in [2.24, 2.45) is 5.41 Å². The maximum atomic E-state index is 12.8. The third-order valence-electron chi connectivity index (χ3n) is 2.83. The highest BCUT2D eigenvalue weighted by Gasteiger charge is 2.33. The first-order chi connectivity index (χ1) is 8.18. The van der Waals surface area contributed by atoms with E-state index in [0.29, 0.717) is 5.39 Å². The van der Waals surface area contributed by atoms with Crippen LogP contribution in [0.25, 0.3) is 10.9 Å². The Balaban J connectivity index is 2.56. The molecule has 0 saturated carbocycles. The summed E-state index contributed by atoms with van der Waals surface area (Å²) in [6, 6.07) is 4.31. The van der Waals surface area contributed by atoms with Gasteiger partial charge in [-0.05, 0) is 23.5 Å². The van der Waals surface area contributed by atoms with E-state index in [1.54, 1.807) is 12.3 Å². The molecule has 98 valence electrons. The fourth-order valence-electron chi connectivity index (χ4n) is 2.17. The summed E-state index contributed by atoms with van der Waals surface area (Å²) in [6.45, 7) is 6.21. The second-order valence-electron chi connectivity index (χ2n) is 5.78. The van der Waals surface area contributed by atoms with Crippen LogP contribution in [0.5, 0.6) is 0 Å². The molecule has 0 aliphatic carbocycles. The van der Waals surface area contributed by atoms with Crippen molar-refractivity contribution in [3.05, 3.63) is 35.5 Å². The van der Waals surface area contributed by atoms with Gasteiger partial charge >= 0.3 is 6.18 Å². The van der Waals surface area contributed by atoms with Gasteiger partial charge in [-0.2, -0.15) is 13.2 Å². The van der Waals surface area contributed by atoms with Gasteiger partial charge in [0.25, 0.3) is 0 Å². The van der Waals surface area contributed by atoms with Crippen molar-refractivity contribution >= 4 is 10.9 Å². The van der Waals surface area contributed by atoms with Gasteiger partial charge in [0.1, 0.15) is 0 Å². The van der Waals surface area contributed by atoms with E-state index in [4.69, 9.17) is 0 Å². The molecule has 0 radical (unpaired) electrons. The second kappa shape index (κ2) is 4.04. The first-order valence-electron chi connectivity index (χ1n) is 5.85. The van der Waals surface area contributed by atoms with Crippen LogP contribution in [0.1, 0.15) is 31.9 Å². The van der Waals surface area contributed by atoms with Crippen LogP contribution in [0.15, 0.2) is 24.4 Å². The number of hydrogen-bond acceptors (Lipinski definition) is 0. The van der Waals surface area contributed by atoms with Crippen LogP contribution >= 0.6 is 0 Å². The van der Waals surface area contributed by atoms with Crippen molar-refractivity contribution < 1.29 is 13.2 Å². The quantitative estimate of drug-likeness (QED) is 0.755. The molecule has 2 aromatic rings. The average Bonchev–Trinajstić information content (AvgIpc) is 2.57. The summed E-state index contributed by atoms with van der Waals surface area (Å²) >= 11 is 0. The molecule has 1 aromatic heterocycles. The summed E-state index contributed by atoms with van der Waals surface area (Å²) in [6.07, 6.45) is -1.89. The zero-order valence-corrected chi connectivity index (χ0v) is 10.7. The van der Waals surface area contributed by atoms with Gasteiger partial charge in [-0.1, -0.05) is 32.9 Å². The van der Waals surface area contributed by atoms with Crippen molar-refractivity contribution in [1.29, 1.82) is 0 Å². The molecule has 0 atom stereocenters. The van der Waals surface area contributed by atoms with Gasteiger partial charge in [0.05, 0.1) is 11.1 Å². The minimum atomic E-state index is -4.32. The fraction of sp³-hybridized carbons (Fsp3) is 0.429. The molecule has 1 aromatic carbocycles. The van der Waals surface area contributed by atoms with E-state index in [2.05, 4.69) is 25.8 Å². The second-order valence-corrected chi connectivity index (χ2v) is 5.78. The minimum Gasteiger partial charge on any atom is -0.360 e. The van der Waals surface area contributed by atoms with Crippen LogP contribution < -0.4 is 0 Å². The lowest BCUT2D eigenvalue weighted by Gasteiger charge is -2.17. The molecular formula is C14H16F3N. The summed E-state index contributed by atoms with van der Waals surface area (Å²) in [5.41, 5.74) is 0.566. The lowest BCUT2D eigenvalue weighted by Crippen LogP contribution is -2.09. The van der Waals surface area contributed by atoms with Crippen molar-refractivity contribution in [3.8, 4) is 0 Å². The number of aromatic amines is 1. The fourth-order valence-corrected chi connectivity index (χ4v) is 2.17. The number of fused-ring (bicyclic) bond motifs is 1. The number of benzene rings is 1. The predicted molar refractivity (Wildman–Crippen MR) is 66.5 cm³/mol. The number of alkyl halides is 3. The van der Waals surface area contributed by atoms with Gasteiger partial charge in [0, 0.05) is 11.6 Å². The van der Waals surface area contributed by atoms with E-state index in [1.807, 2.05) is 0 Å². The van der Waals surface area contributed by atoms with Crippen molar-refractivity contribution in [2.75, 3.05) is 0 Å². The monoisotopic (exact) mass is 255 g/mol. The molecule has 0 spiro atoms. The summed E-state index contributed by atoms with van der Waals surface area (Å²) in [4.78, 5) is 2.77. The zero-order valence-electron chi connectivity index (χ0n) is 10.7. The first-order valence-corrected chi connectivity index (χ1v) is 5.85. The summed E-state index contributed by atoms with van der Waals surface area (Å²) < 4.78 is 38.5. The maximum Gasteiger partial charge on any atom is 0.418 e. The Labute approximate surface area is 104 Å². The molecule has 0 aliphatic rings. The Hall–Kier alpha value is -1.45. The molecule has 0 saturated heterocycles. The number of rotatable bonds is 1. The molecule has 18 heavy (non-hydrogen) atoms. The van der Waals surface area contributed by atoms with Gasteiger partial charge < -0.3 is 4.98 Å². The SMILES string of the molecule is CC(C)(C)Cc1c[nH]c2c(C(F)(F)F)cccc12. The minimum absolute atomic E-state index is 0.0450. The molecule has 0 aliphatic heterocycles. The van der Waals surface area contributed by atoms with Gasteiger partial charge in [-0.15, -0.1) is 0 Å². The van der Waals surface area contributed by atoms with Crippen LogP contribution in [-0.4, -0.2) is 4.98 Å². The molecule has 0 bridgehead atoms. The highest BCUT2D eigenvalue weighted by atomic mass is 19.4. The third kappa shape index (κ3) is 2.52. The molecule has 0 unspecified atom stereocenters. The Morgan fingerprint density at radius 2 is 1.78 bits per heavy atom. The average molecular weight is 255 g/mol. The summed E-state index contributed by atoms with van der Waals surface area (Å²) in [7, 11) is 0. The molecule has 4 heteroatoms. The van der Waals surface area contributed by atoms with Crippen molar-refractivity contribution in [2.45, 2.75) is 33.4 Å². The van der Waals surface area contributed by atoms with Crippen LogP contribution in [-0.2, 0) is 12.6 Å². The Bertz CT molecular complexity index is 558. The lowest BCUT2D eigenvalue weighted by atomic mass is 9.88. The molecular weight excluding hydrogens is 239 g/mol. The maximum absolute atomic E-state index is 12.8. The van der Waals surface area contributed by atoms with Crippen LogP contribution in [0.4, 0.5) is 13.2 Å². The zero-order chi connectivity index (χ0) is 13.6. The molecule has 2 rings (SSSR count). The van der Waals surface area contributed by atoms with Crippen LogP contribution in [0.3, 0.4) is 0 Å². The van der Waals surface area contributed by atoms with Gasteiger partial charge in [-0.3, -0.25) is 0 Å². The number of para-hydroxylation sites is 1. The highest BCUT2D eigenvalue weighted by molar-refractivity contribution is 5.86. The molecule has 1 nitrogen and oxygen atoms in total.